The molecular formula is C25H28N4O3. The zero-order chi connectivity index (χ0) is 21.9. The number of aryl methyl sites for hydroxylation is 2. The Balaban J connectivity index is 1.08. The Morgan fingerprint density at radius 1 is 1.06 bits per heavy atom. The molecule has 2 aromatic carbocycles. The smallest absolute Gasteiger partial charge is 0.227 e. The van der Waals surface area contributed by atoms with Gasteiger partial charge in [0.1, 0.15) is 5.75 Å². The van der Waals surface area contributed by atoms with Crippen LogP contribution in [0.5, 0.6) is 5.75 Å². The highest BCUT2D eigenvalue weighted by molar-refractivity contribution is 5.76. The lowest BCUT2D eigenvalue weighted by Crippen LogP contribution is -2.48. The Kier molecular flexibility index (Phi) is 5.90. The molecule has 32 heavy (non-hydrogen) atoms. The summed E-state index contributed by atoms with van der Waals surface area (Å²) in [5.74, 6) is 2.25. The number of amides is 1. The van der Waals surface area contributed by atoms with Gasteiger partial charge >= 0.3 is 0 Å². The van der Waals surface area contributed by atoms with Crippen molar-refractivity contribution < 1.29 is 14.1 Å². The average molecular weight is 433 g/mol. The van der Waals surface area contributed by atoms with E-state index in [9.17, 15) is 4.79 Å². The van der Waals surface area contributed by atoms with Crippen LogP contribution in [0.25, 0.3) is 11.4 Å². The van der Waals surface area contributed by atoms with E-state index in [2.05, 4.69) is 33.2 Å². The van der Waals surface area contributed by atoms with Gasteiger partial charge in [0, 0.05) is 57.5 Å². The first-order chi connectivity index (χ1) is 15.6. The molecule has 166 valence electrons. The monoisotopic (exact) mass is 432 g/mol. The largest absolute Gasteiger partial charge is 0.493 e. The van der Waals surface area contributed by atoms with E-state index < -0.39 is 0 Å². The highest BCUT2D eigenvalue weighted by Crippen LogP contribution is 2.26. The van der Waals surface area contributed by atoms with Crippen LogP contribution in [-0.2, 0) is 24.2 Å². The zero-order valence-electron chi connectivity index (χ0n) is 18.4. The van der Waals surface area contributed by atoms with Crippen molar-refractivity contribution in [2.24, 2.45) is 0 Å². The van der Waals surface area contributed by atoms with Gasteiger partial charge in [0.05, 0.1) is 6.61 Å². The number of carbonyl (C=O) groups is 1. The van der Waals surface area contributed by atoms with Crippen LogP contribution in [0.3, 0.4) is 0 Å². The van der Waals surface area contributed by atoms with Crippen molar-refractivity contribution in [3.63, 3.8) is 0 Å². The van der Waals surface area contributed by atoms with Gasteiger partial charge in [-0.2, -0.15) is 4.98 Å². The number of piperazine rings is 1. The Morgan fingerprint density at radius 3 is 2.69 bits per heavy atom. The van der Waals surface area contributed by atoms with Crippen LogP contribution in [0.15, 0.2) is 47.0 Å². The molecule has 0 spiro atoms. The van der Waals surface area contributed by atoms with E-state index >= 15 is 0 Å². The van der Waals surface area contributed by atoms with Crippen molar-refractivity contribution >= 4 is 5.91 Å². The van der Waals surface area contributed by atoms with E-state index in [0.29, 0.717) is 24.6 Å². The van der Waals surface area contributed by atoms with Crippen molar-refractivity contribution in [1.29, 1.82) is 0 Å². The van der Waals surface area contributed by atoms with Crippen molar-refractivity contribution in [3.05, 3.63) is 65.0 Å². The minimum atomic E-state index is 0.148. The summed E-state index contributed by atoms with van der Waals surface area (Å²) in [5.41, 5.74) is 4.73. The van der Waals surface area contributed by atoms with Crippen LogP contribution < -0.4 is 4.74 Å². The molecule has 2 aliphatic heterocycles. The number of benzene rings is 2. The molecule has 0 saturated carbocycles. The van der Waals surface area contributed by atoms with Crippen LogP contribution in [0, 0.1) is 6.92 Å². The van der Waals surface area contributed by atoms with Crippen molar-refractivity contribution in [1.82, 2.24) is 19.9 Å². The maximum absolute atomic E-state index is 12.7. The summed E-state index contributed by atoms with van der Waals surface area (Å²) in [4.78, 5) is 21.5. The van der Waals surface area contributed by atoms with E-state index in [1.54, 1.807) is 0 Å². The summed E-state index contributed by atoms with van der Waals surface area (Å²) in [6.07, 6.45) is 1.85. The topological polar surface area (TPSA) is 71.7 Å². The molecular weight excluding hydrogens is 404 g/mol. The first-order valence-corrected chi connectivity index (χ1v) is 11.3. The van der Waals surface area contributed by atoms with Gasteiger partial charge in [-0.3, -0.25) is 9.69 Å². The second kappa shape index (κ2) is 9.12. The highest BCUT2D eigenvalue weighted by Gasteiger charge is 2.22. The number of carbonyl (C=O) groups excluding carboxylic acids is 1. The van der Waals surface area contributed by atoms with Crippen LogP contribution >= 0.6 is 0 Å². The molecule has 0 atom stereocenters. The minimum Gasteiger partial charge on any atom is -0.493 e. The van der Waals surface area contributed by atoms with E-state index in [4.69, 9.17) is 9.26 Å². The molecule has 1 amide bonds. The highest BCUT2D eigenvalue weighted by atomic mass is 16.5. The molecule has 5 rings (SSSR count). The summed E-state index contributed by atoms with van der Waals surface area (Å²) in [5, 5.41) is 4.05. The van der Waals surface area contributed by atoms with Crippen molar-refractivity contribution in [2.45, 2.75) is 32.7 Å². The third-order valence-corrected chi connectivity index (χ3v) is 6.22. The Hall–Kier alpha value is -3.19. The second-order valence-corrected chi connectivity index (χ2v) is 8.58. The lowest BCUT2D eigenvalue weighted by atomic mass is 10.1. The number of aromatic nitrogens is 2. The number of fused-ring (bicyclic) bond motifs is 1. The zero-order valence-corrected chi connectivity index (χ0v) is 18.4. The molecule has 1 saturated heterocycles. The van der Waals surface area contributed by atoms with Gasteiger partial charge in [-0.15, -0.1) is 0 Å². The van der Waals surface area contributed by atoms with Gasteiger partial charge in [0.15, 0.2) is 0 Å². The molecule has 0 aliphatic carbocycles. The van der Waals surface area contributed by atoms with E-state index in [-0.39, 0.29) is 5.91 Å². The quantitative estimate of drug-likeness (QED) is 0.595. The fourth-order valence-corrected chi connectivity index (χ4v) is 4.30. The van der Waals surface area contributed by atoms with Gasteiger partial charge in [-0.05, 0) is 24.1 Å². The Bertz CT molecular complexity index is 1080. The molecule has 0 bridgehead atoms. The van der Waals surface area contributed by atoms with Crippen LogP contribution in [0.1, 0.15) is 29.0 Å². The number of hydrogen-bond acceptors (Lipinski definition) is 6. The van der Waals surface area contributed by atoms with Crippen LogP contribution in [0.4, 0.5) is 0 Å². The first-order valence-electron chi connectivity index (χ1n) is 11.3. The molecule has 3 heterocycles. The fourth-order valence-electron chi connectivity index (χ4n) is 4.30. The third kappa shape index (κ3) is 4.67. The summed E-state index contributed by atoms with van der Waals surface area (Å²) in [6, 6.07) is 14.5. The van der Waals surface area contributed by atoms with Gasteiger partial charge in [0.2, 0.25) is 17.6 Å². The van der Waals surface area contributed by atoms with Gasteiger partial charge in [-0.25, -0.2) is 0 Å². The van der Waals surface area contributed by atoms with Gasteiger partial charge in [-0.1, -0.05) is 47.1 Å². The van der Waals surface area contributed by atoms with Crippen molar-refractivity contribution in [2.75, 3.05) is 32.8 Å². The Labute approximate surface area is 188 Å². The maximum Gasteiger partial charge on any atom is 0.227 e. The molecule has 1 aromatic heterocycles. The number of rotatable bonds is 6. The lowest BCUT2D eigenvalue weighted by molar-refractivity contribution is -0.133. The van der Waals surface area contributed by atoms with Gasteiger partial charge < -0.3 is 14.2 Å². The first kappa shape index (κ1) is 20.7. The number of hydrogen-bond donors (Lipinski definition) is 0. The SMILES string of the molecule is Cc1ccc(-c2noc(CCC(=O)N3CCN(Cc4ccc5c(c4)CCO5)CC3)n2)cc1. The van der Waals surface area contributed by atoms with Crippen LogP contribution in [0.2, 0.25) is 0 Å². The predicted molar refractivity (Wildman–Crippen MR) is 120 cm³/mol. The lowest BCUT2D eigenvalue weighted by Gasteiger charge is -2.34. The molecule has 1 fully saturated rings. The molecule has 7 nitrogen and oxygen atoms in total. The molecule has 0 unspecified atom stereocenters. The molecule has 0 N–H and O–H groups in total. The van der Waals surface area contributed by atoms with E-state index in [1.165, 1.54) is 16.7 Å². The summed E-state index contributed by atoms with van der Waals surface area (Å²) in [7, 11) is 0. The normalized spacial score (nSPS) is 16.1. The third-order valence-electron chi connectivity index (χ3n) is 6.22. The number of ether oxygens (including phenoxy) is 1. The summed E-state index contributed by atoms with van der Waals surface area (Å²) >= 11 is 0. The minimum absolute atomic E-state index is 0.148. The standard InChI is InChI=1S/C25H28N4O3/c1-18-2-5-20(6-3-18)25-26-23(32-27-25)8-9-24(30)29-13-11-28(12-14-29)17-19-4-7-22-21(16-19)10-15-31-22/h2-7,16H,8-15,17H2,1H3. The second-order valence-electron chi connectivity index (χ2n) is 8.58. The maximum atomic E-state index is 12.7. The van der Waals surface area contributed by atoms with Gasteiger partial charge in [0.25, 0.3) is 0 Å². The average Bonchev–Trinajstić information content (AvgIpc) is 3.48. The predicted octanol–water partition coefficient (Wildman–Crippen LogP) is 3.26. The summed E-state index contributed by atoms with van der Waals surface area (Å²) < 4.78 is 10.9. The summed E-state index contributed by atoms with van der Waals surface area (Å²) in [6.45, 7) is 7.03. The molecule has 2 aliphatic rings. The van der Waals surface area contributed by atoms with E-state index in [1.807, 2.05) is 36.1 Å². The molecule has 0 radical (unpaired) electrons. The van der Waals surface area contributed by atoms with Crippen LogP contribution in [-0.4, -0.2) is 58.6 Å². The molecule has 7 heteroatoms. The van der Waals surface area contributed by atoms with Crippen molar-refractivity contribution in [3.8, 4) is 17.1 Å². The fraction of sp³-hybridized carbons (Fsp3) is 0.400. The molecule has 3 aromatic rings. The number of nitrogens with zero attached hydrogens (tertiary/aromatic N) is 4. The Morgan fingerprint density at radius 2 is 1.88 bits per heavy atom. The van der Waals surface area contributed by atoms with E-state index in [0.717, 1.165) is 57.1 Å².